The van der Waals surface area contributed by atoms with Gasteiger partial charge in [0.2, 0.25) is 0 Å². The van der Waals surface area contributed by atoms with Crippen LogP contribution < -0.4 is 0 Å². The molecule has 0 amide bonds. The summed E-state index contributed by atoms with van der Waals surface area (Å²) in [6.45, 7) is 9.04. The van der Waals surface area contributed by atoms with E-state index < -0.39 is 0 Å². The highest BCUT2D eigenvalue weighted by Gasteiger charge is 2.61. The molecule has 1 saturated heterocycles. The van der Waals surface area contributed by atoms with Crippen LogP contribution in [0, 0.1) is 40.4 Å². The predicted octanol–water partition coefficient (Wildman–Crippen LogP) is 3.91. The highest BCUT2D eigenvalue weighted by Crippen LogP contribution is 2.67. The van der Waals surface area contributed by atoms with Gasteiger partial charge in [-0.15, -0.1) is 0 Å². The zero-order chi connectivity index (χ0) is 20.2. The molecule has 0 radical (unpaired) electrons. The van der Waals surface area contributed by atoms with Gasteiger partial charge in [-0.2, -0.15) is 0 Å². The van der Waals surface area contributed by atoms with Gasteiger partial charge in [-0.05, 0) is 92.3 Å². The molecule has 5 rings (SSSR count). The van der Waals surface area contributed by atoms with Gasteiger partial charge in [0.05, 0.1) is 25.9 Å². The molecule has 5 fully saturated rings. The monoisotopic (exact) mass is 403 g/mol. The quantitative estimate of drug-likeness (QED) is 0.776. The topological polar surface area (TPSA) is 49.8 Å². The van der Waals surface area contributed by atoms with Gasteiger partial charge in [0.1, 0.15) is 5.78 Å². The van der Waals surface area contributed by atoms with Crippen LogP contribution in [0.1, 0.15) is 71.6 Å². The molecule has 4 saturated carbocycles. The van der Waals surface area contributed by atoms with Crippen LogP contribution >= 0.6 is 0 Å². The van der Waals surface area contributed by atoms with Crippen molar-refractivity contribution >= 4 is 5.78 Å². The number of hydrogen-bond donors (Lipinski definition) is 1. The molecule has 5 aliphatic rings. The fraction of sp³-hybridized carbons (Fsp3) is 0.960. The fourth-order valence-electron chi connectivity index (χ4n) is 8.85. The summed E-state index contributed by atoms with van der Waals surface area (Å²) in [5.74, 6) is 3.87. The Morgan fingerprint density at radius 1 is 0.966 bits per heavy atom. The Balaban J connectivity index is 1.31. The van der Waals surface area contributed by atoms with Gasteiger partial charge in [0, 0.05) is 19.0 Å². The molecule has 4 heteroatoms. The summed E-state index contributed by atoms with van der Waals surface area (Å²) in [5, 5.41) is 10.2. The number of ether oxygens (including phenoxy) is 1. The number of carbonyl (C=O) groups excluding carboxylic acids is 1. The predicted molar refractivity (Wildman–Crippen MR) is 113 cm³/mol. The molecule has 1 heterocycles. The zero-order valence-corrected chi connectivity index (χ0v) is 18.6. The third kappa shape index (κ3) is 3.32. The van der Waals surface area contributed by atoms with E-state index in [0.29, 0.717) is 17.7 Å². The highest BCUT2D eigenvalue weighted by molar-refractivity contribution is 5.84. The summed E-state index contributed by atoms with van der Waals surface area (Å²) in [6, 6.07) is 0. The van der Waals surface area contributed by atoms with E-state index in [1.165, 1.54) is 38.5 Å². The maximum Gasteiger partial charge on any atom is 0.150 e. The Morgan fingerprint density at radius 2 is 1.69 bits per heavy atom. The zero-order valence-electron chi connectivity index (χ0n) is 18.6. The Kier molecular flexibility index (Phi) is 5.36. The van der Waals surface area contributed by atoms with Crippen LogP contribution in [0.4, 0.5) is 0 Å². The Labute approximate surface area is 176 Å². The number of Topliss-reactive ketones (excluding diaryl/α,β-unsaturated/α-hetero) is 1. The molecule has 0 bridgehead atoms. The normalized spacial score (nSPS) is 50.4. The second-order valence-electron chi connectivity index (χ2n) is 11.6. The van der Waals surface area contributed by atoms with Crippen molar-refractivity contribution in [2.24, 2.45) is 40.4 Å². The fourth-order valence-corrected chi connectivity index (χ4v) is 8.85. The van der Waals surface area contributed by atoms with Gasteiger partial charge in [-0.1, -0.05) is 13.8 Å². The third-order valence-corrected chi connectivity index (χ3v) is 10.5. The van der Waals surface area contributed by atoms with Gasteiger partial charge >= 0.3 is 0 Å². The SMILES string of the molecule is C[C@]12CC[C@H]3[C@@H](CCC4CC(O)CC[C@@]43C)[C@@H]1CC[C@@H]2C(=O)CN1CCOCC1. The molecule has 2 unspecified atom stereocenters. The number of hydrogen-bond acceptors (Lipinski definition) is 4. The molecule has 164 valence electrons. The minimum absolute atomic E-state index is 0.0628. The molecular weight excluding hydrogens is 362 g/mol. The number of ketones is 1. The van der Waals surface area contributed by atoms with Crippen LogP contribution in [0.3, 0.4) is 0 Å². The van der Waals surface area contributed by atoms with E-state index in [1.54, 1.807) is 0 Å². The van der Waals surface area contributed by atoms with Crippen molar-refractivity contribution in [1.82, 2.24) is 4.90 Å². The Bertz CT molecular complexity index is 632. The summed E-state index contributed by atoms with van der Waals surface area (Å²) in [7, 11) is 0. The minimum atomic E-state index is -0.0628. The lowest BCUT2D eigenvalue weighted by Crippen LogP contribution is -2.54. The first-order chi connectivity index (χ1) is 13.9. The van der Waals surface area contributed by atoms with Crippen LogP contribution in [0.2, 0.25) is 0 Å². The average Bonchev–Trinajstić information content (AvgIpc) is 3.06. The second-order valence-corrected chi connectivity index (χ2v) is 11.6. The molecule has 0 aromatic rings. The lowest BCUT2D eigenvalue weighted by molar-refractivity contribution is -0.141. The first kappa shape index (κ1) is 20.5. The summed E-state index contributed by atoms with van der Waals surface area (Å²) in [6.07, 6.45) is 10.7. The van der Waals surface area contributed by atoms with Crippen molar-refractivity contribution in [2.45, 2.75) is 77.7 Å². The smallest absolute Gasteiger partial charge is 0.150 e. The number of nitrogens with zero attached hydrogens (tertiary/aromatic N) is 1. The Hall–Kier alpha value is -0.450. The van der Waals surface area contributed by atoms with E-state index >= 15 is 0 Å². The van der Waals surface area contributed by atoms with Gasteiger partial charge < -0.3 is 9.84 Å². The second kappa shape index (κ2) is 7.60. The van der Waals surface area contributed by atoms with Gasteiger partial charge in [0.25, 0.3) is 0 Å². The standard InChI is InChI=1S/C25H41NO3/c1-24-9-7-18(27)15-17(24)3-4-19-20-5-6-22(25(20,2)10-8-21(19)24)23(28)16-26-11-13-29-14-12-26/h17-22,27H,3-16H2,1-2H3/t17?,18?,19-,20-,21-,22+,24-,25-/m0/s1. The van der Waals surface area contributed by atoms with Crippen molar-refractivity contribution in [3.63, 3.8) is 0 Å². The van der Waals surface area contributed by atoms with Gasteiger partial charge in [-0.25, -0.2) is 0 Å². The maximum atomic E-state index is 13.4. The first-order valence-corrected chi connectivity index (χ1v) is 12.4. The molecule has 4 aliphatic carbocycles. The summed E-state index contributed by atoms with van der Waals surface area (Å²) < 4.78 is 5.46. The lowest BCUT2D eigenvalue weighted by Gasteiger charge is -2.60. The summed E-state index contributed by atoms with van der Waals surface area (Å²) in [4.78, 5) is 15.7. The first-order valence-electron chi connectivity index (χ1n) is 12.4. The van der Waals surface area contributed by atoms with Crippen molar-refractivity contribution in [3.8, 4) is 0 Å². The van der Waals surface area contributed by atoms with Gasteiger partial charge in [-0.3, -0.25) is 9.69 Å². The van der Waals surface area contributed by atoms with Crippen LogP contribution in [-0.4, -0.2) is 54.7 Å². The molecule has 1 N–H and O–H groups in total. The van der Waals surface area contributed by atoms with E-state index in [9.17, 15) is 9.90 Å². The highest BCUT2D eigenvalue weighted by atomic mass is 16.5. The van der Waals surface area contributed by atoms with Crippen LogP contribution in [0.5, 0.6) is 0 Å². The molecule has 8 atom stereocenters. The van der Waals surface area contributed by atoms with E-state index in [0.717, 1.165) is 69.2 Å². The number of fused-ring (bicyclic) bond motifs is 5. The van der Waals surface area contributed by atoms with Crippen molar-refractivity contribution < 1.29 is 14.6 Å². The van der Waals surface area contributed by atoms with E-state index in [1.807, 2.05) is 0 Å². The van der Waals surface area contributed by atoms with E-state index in [4.69, 9.17) is 4.74 Å². The molecule has 1 aliphatic heterocycles. The van der Waals surface area contributed by atoms with Crippen molar-refractivity contribution in [3.05, 3.63) is 0 Å². The molecular formula is C25H41NO3. The number of rotatable bonds is 3. The largest absolute Gasteiger partial charge is 0.393 e. The van der Waals surface area contributed by atoms with Crippen LogP contribution in [0.25, 0.3) is 0 Å². The van der Waals surface area contributed by atoms with Crippen LogP contribution in [0.15, 0.2) is 0 Å². The maximum absolute atomic E-state index is 13.4. The van der Waals surface area contributed by atoms with E-state index in [-0.39, 0.29) is 17.4 Å². The van der Waals surface area contributed by atoms with Crippen molar-refractivity contribution in [2.75, 3.05) is 32.8 Å². The summed E-state index contributed by atoms with van der Waals surface area (Å²) >= 11 is 0. The average molecular weight is 404 g/mol. The van der Waals surface area contributed by atoms with E-state index in [2.05, 4.69) is 18.7 Å². The third-order valence-electron chi connectivity index (χ3n) is 10.5. The number of morpholine rings is 1. The molecule has 0 aromatic heterocycles. The lowest BCUT2D eigenvalue weighted by atomic mass is 9.44. The molecule has 29 heavy (non-hydrogen) atoms. The molecule has 0 aromatic carbocycles. The number of aliphatic hydroxyl groups excluding tert-OH is 1. The number of carbonyl (C=O) groups is 1. The van der Waals surface area contributed by atoms with Gasteiger partial charge in [0.15, 0.2) is 0 Å². The van der Waals surface area contributed by atoms with Crippen molar-refractivity contribution in [1.29, 1.82) is 0 Å². The number of aliphatic hydroxyl groups is 1. The molecule has 0 spiro atoms. The summed E-state index contributed by atoms with van der Waals surface area (Å²) in [5.41, 5.74) is 0.654. The minimum Gasteiger partial charge on any atom is -0.393 e. The van der Waals surface area contributed by atoms with Crippen LogP contribution in [-0.2, 0) is 9.53 Å². The molecule has 4 nitrogen and oxygen atoms in total. The Morgan fingerprint density at radius 3 is 2.48 bits per heavy atom.